The Kier molecular flexibility index (Phi) is 10.4. The molecule has 120 valence electrons. The van der Waals surface area contributed by atoms with E-state index in [-0.39, 0.29) is 0 Å². The number of nitrogens with zero attached hydrogens (tertiary/aromatic N) is 2. The molecular formula is C18H38N2. The van der Waals surface area contributed by atoms with Gasteiger partial charge in [-0.05, 0) is 26.8 Å². The van der Waals surface area contributed by atoms with Crippen molar-refractivity contribution >= 4 is 0 Å². The SMILES string of the molecule is CCCCCCCCCCCN1CCN(C(C)C)CC1. The van der Waals surface area contributed by atoms with Crippen LogP contribution in [0.25, 0.3) is 0 Å². The van der Waals surface area contributed by atoms with E-state index in [4.69, 9.17) is 0 Å². The summed E-state index contributed by atoms with van der Waals surface area (Å²) in [6, 6.07) is 0.727. The normalized spacial score (nSPS) is 18.0. The molecule has 1 rings (SSSR count). The first-order valence-electron chi connectivity index (χ1n) is 9.20. The summed E-state index contributed by atoms with van der Waals surface area (Å²) in [5, 5.41) is 0. The molecule has 2 nitrogen and oxygen atoms in total. The van der Waals surface area contributed by atoms with Gasteiger partial charge in [-0.1, -0.05) is 58.3 Å². The van der Waals surface area contributed by atoms with Crippen molar-refractivity contribution in [2.24, 2.45) is 0 Å². The van der Waals surface area contributed by atoms with Crippen LogP contribution in [0.15, 0.2) is 0 Å². The predicted octanol–water partition coefficient (Wildman–Crippen LogP) is 4.54. The first-order chi connectivity index (χ1) is 9.74. The monoisotopic (exact) mass is 282 g/mol. The molecule has 0 saturated carbocycles. The first kappa shape index (κ1) is 18.0. The molecule has 2 heteroatoms. The van der Waals surface area contributed by atoms with E-state index >= 15 is 0 Å². The minimum atomic E-state index is 0.727. The lowest BCUT2D eigenvalue weighted by Gasteiger charge is -2.36. The molecule has 1 aliphatic rings. The maximum atomic E-state index is 2.67. The van der Waals surface area contributed by atoms with Crippen molar-refractivity contribution < 1.29 is 0 Å². The van der Waals surface area contributed by atoms with Crippen LogP contribution in [-0.4, -0.2) is 48.6 Å². The lowest BCUT2D eigenvalue weighted by Crippen LogP contribution is -2.48. The Hall–Kier alpha value is -0.0800. The highest BCUT2D eigenvalue weighted by Crippen LogP contribution is 2.11. The zero-order chi connectivity index (χ0) is 14.6. The van der Waals surface area contributed by atoms with Gasteiger partial charge >= 0.3 is 0 Å². The molecule has 0 spiro atoms. The summed E-state index contributed by atoms with van der Waals surface area (Å²) in [5.41, 5.74) is 0. The molecule has 0 aromatic rings. The number of hydrogen-bond donors (Lipinski definition) is 0. The second kappa shape index (κ2) is 11.6. The van der Waals surface area contributed by atoms with E-state index in [2.05, 4.69) is 30.6 Å². The van der Waals surface area contributed by atoms with Crippen LogP contribution >= 0.6 is 0 Å². The van der Waals surface area contributed by atoms with Crippen molar-refractivity contribution in [2.45, 2.75) is 84.6 Å². The Bertz CT molecular complexity index is 207. The topological polar surface area (TPSA) is 6.48 Å². The van der Waals surface area contributed by atoms with E-state index in [1.54, 1.807) is 0 Å². The molecule has 1 saturated heterocycles. The van der Waals surface area contributed by atoms with Crippen LogP contribution in [0, 0.1) is 0 Å². The summed E-state index contributed by atoms with van der Waals surface area (Å²) < 4.78 is 0. The molecule has 0 aromatic heterocycles. The Morgan fingerprint density at radius 2 is 1.20 bits per heavy atom. The smallest absolute Gasteiger partial charge is 0.0113 e. The molecule has 1 fully saturated rings. The Morgan fingerprint density at radius 1 is 0.700 bits per heavy atom. The van der Waals surface area contributed by atoms with Crippen molar-refractivity contribution in [2.75, 3.05) is 32.7 Å². The molecule has 0 radical (unpaired) electrons. The van der Waals surface area contributed by atoms with Gasteiger partial charge in [-0.25, -0.2) is 0 Å². The molecule has 0 N–H and O–H groups in total. The van der Waals surface area contributed by atoms with Crippen molar-refractivity contribution in [1.29, 1.82) is 0 Å². The van der Waals surface area contributed by atoms with Gasteiger partial charge in [-0.3, -0.25) is 4.90 Å². The fourth-order valence-corrected chi connectivity index (χ4v) is 3.15. The van der Waals surface area contributed by atoms with E-state index < -0.39 is 0 Å². The van der Waals surface area contributed by atoms with Crippen LogP contribution in [0.2, 0.25) is 0 Å². The fourth-order valence-electron chi connectivity index (χ4n) is 3.15. The molecule has 1 heterocycles. The predicted molar refractivity (Wildman–Crippen MR) is 90.4 cm³/mol. The van der Waals surface area contributed by atoms with Crippen LogP contribution in [0.4, 0.5) is 0 Å². The van der Waals surface area contributed by atoms with E-state index in [1.807, 2.05) is 0 Å². The summed E-state index contributed by atoms with van der Waals surface area (Å²) in [7, 11) is 0. The van der Waals surface area contributed by atoms with Gasteiger partial charge in [0.2, 0.25) is 0 Å². The van der Waals surface area contributed by atoms with Crippen LogP contribution in [-0.2, 0) is 0 Å². The van der Waals surface area contributed by atoms with Crippen molar-refractivity contribution in [1.82, 2.24) is 9.80 Å². The van der Waals surface area contributed by atoms with Gasteiger partial charge < -0.3 is 4.90 Å². The van der Waals surface area contributed by atoms with Gasteiger partial charge in [0, 0.05) is 32.2 Å². The van der Waals surface area contributed by atoms with E-state index in [1.165, 1.54) is 90.5 Å². The quantitative estimate of drug-likeness (QED) is 0.513. The van der Waals surface area contributed by atoms with Gasteiger partial charge in [0.15, 0.2) is 0 Å². The Morgan fingerprint density at radius 3 is 1.70 bits per heavy atom. The summed E-state index contributed by atoms with van der Waals surface area (Å²) in [6.45, 7) is 13.4. The third kappa shape index (κ3) is 8.26. The van der Waals surface area contributed by atoms with Crippen LogP contribution in [0.1, 0.15) is 78.6 Å². The molecule has 0 unspecified atom stereocenters. The van der Waals surface area contributed by atoms with E-state index in [9.17, 15) is 0 Å². The third-order valence-electron chi connectivity index (χ3n) is 4.72. The average Bonchev–Trinajstić information content (AvgIpc) is 2.46. The highest BCUT2D eigenvalue weighted by molar-refractivity contribution is 4.73. The summed E-state index contributed by atoms with van der Waals surface area (Å²) in [5.74, 6) is 0. The minimum absolute atomic E-state index is 0.727. The summed E-state index contributed by atoms with van der Waals surface area (Å²) in [6.07, 6.45) is 13.0. The Labute approximate surface area is 127 Å². The fraction of sp³-hybridized carbons (Fsp3) is 1.00. The van der Waals surface area contributed by atoms with Gasteiger partial charge in [0.25, 0.3) is 0 Å². The highest BCUT2D eigenvalue weighted by Gasteiger charge is 2.17. The highest BCUT2D eigenvalue weighted by atomic mass is 15.3. The standard InChI is InChI=1S/C18H38N2/c1-4-5-6-7-8-9-10-11-12-13-19-14-16-20(17-15-19)18(2)3/h18H,4-17H2,1-3H3. The van der Waals surface area contributed by atoms with Gasteiger partial charge in [0.1, 0.15) is 0 Å². The molecule has 1 aliphatic heterocycles. The average molecular weight is 283 g/mol. The lowest BCUT2D eigenvalue weighted by molar-refractivity contribution is 0.107. The van der Waals surface area contributed by atoms with E-state index in [0.717, 1.165) is 6.04 Å². The molecular weight excluding hydrogens is 244 g/mol. The zero-order valence-electron chi connectivity index (χ0n) is 14.4. The zero-order valence-corrected chi connectivity index (χ0v) is 14.4. The molecule has 0 aliphatic carbocycles. The number of rotatable bonds is 11. The Balaban J connectivity index is 1.85. The second-order valence-corrected chi connectivity index (χ2v) is 6.80. The molecule has 0 atom stereocenters. The van der Waals surface area contributed by atoms with Crippen LogP contribution in [0.5, 0.6) is 0 Å². The summed E-state index contributed by atoms with van der Waals surface area (Å²) >= 11 is 0. The number of unbranched alkanes of at least 4 members (excludes halogenated alkanes) is 8. The third-order valence-corrected chi connectivity index (χ3v) is 4.72. The second-order valence-electron chi connectivity index (χ2n) is 6.80. The van der Waals surface area contributed by atoms with Crippen molar-refractivity contribution in [3.8, 4) is 0 Å². The summed E-state index contributed by atoms with van der Waals surface area (Å²) in [4.78, 5) is 5.27. The van der Waals surface area contributed by atoms with Gasteiger partial charge in [-0.15, -0.1) is 0 Å². The van der Waals surface area contributed by atoms with Gasteiger partial charge in [0.05, 0.1) is 0 Å². The first-order valence-corrected chi connectivity index (χ1v) is 9.20. The minimum Gasteiger partial charge on any atom is -0.301 e. The molecule has 0 bridgehead atoms. The largest absolute Gasteiger partial charge is 0.301 e. The number of piperazine rings is 1. The number of hydrogen-bond acceptors (Lipinski definition) is 2. The lowest BCUT2D eigenvalue weighted by atomic mass is 10.1. The van der Waals surface area contributed by atoms with Crippen molar-refractivity contribution in [3.63, 3.8) is 0 Å². The van der Waals surface area contributed by atoms with Crippen molar-refractivity contribution in [3.05, 3.63) is 0 Å². The van der Waals surface area contributed by atoms with Crippen LogP contribution in [0.3, 0.4) is 0 Å². The van der Waals surface area contributed by atoms with Gasteiger partial charge in [-0.2, -0.15) is 0 Å². The molecule has 0 amide bonds. The maximum absolute atomic E-state index is 2.67. The molecule has 0 aromatic carbocycles. The van der Waals surface area contributed by atoms with E-state index in [0.29, 0.717) is 0 Å². The van der Waals surface area contributed by atoms with Crippen LogP contribution < -0.4 is 0 Å². The maximum Gasteiger partial charge on any atom is 0.0113 e. The molecule has 20 heavy (non-hydrogen) atoms.